The SMILES string of the molecule is O=C(O)[C@H]1CCCN1O[SiH3]. The fourth-order valence-corrected chi connectivity index (χ4v) is 1.64. The minimum atomic E-state index is -0.770. The van der Waals surface area contributed by atoms with Crippen LogP contribution in [0.4, 0.5) is 0 Å². The van der Waals surface area contributed by atoms with Crippen molar-refractivity contribution in [3.05, 3.63) is 0 Å². The quantitative estimate of drug-likeness (QED) is 0.514. The van der Waals surface area contributed by atoms with Gasteiger partial charge in [0.15, 0.2) is 10.5 Å². The minimum Gasteiger partial charge on any atom is -0.480 e. The van der Waals surface area contributed by atoms with E-state index in [4.69, 9.17) is 9.63 Å². The Morgan fingerprint density at radius 2 is 2.50 bits per heavy atom. The Bertz CT molecular complexity index is 141. The molecule has 0 bridgehead atoms. The number of nitrogens with zero attached hydrogens (tertiary/aromatic N) is 1. The molecule has 4 nitrogen and oxygen atoms in total. The fraction of sp³-hybridized carbons (Fsp3) is 0.800. The van der Waals surface area contributed by atoms with E-state index in [1.165, 1.54) is 0 Å². The molecule has 1 rings (SSSR count). The lowest BCUT2D eigenvalue weighted by molar-refractivity contribution is -0.154. The summed E-state index contributed by atoms with van der Waals surface area (Å²) >= 11 is 0. The monoisotopic (exact) mass is 161 g/mol. The summed E-state index contributed by atoms with van der Waals surface area (Å²) in [4.78, 5) is 10.5. The van der Waals surface area contributed by atoms with Crippen molar-refractivity contribution in [3.8, 4) is 0 Å². The number of aliphatic carboxylic acids is 1. The number of carboxylic acid groups (broad SMARTS) is 1. The highest BCUT2D eigenvalue weighted by molar-refractivity contribution is 5.97. The van der Waals surface area contributed by atoms with Crippen molar-refractivity contribution < 1.29 is 14.4 Å². The first-order valence-corrected chi connectivity index (χ1v) is 4.11. The van der Waals surface area contributed by atoms with Crippen LogP contribution in [0.3, 0.4) is 0 Å². The molecular weight excluding hydrogens is 150 g/mol. The molecule has 1 saturated heterocycles. The average molecular weight is 161 g/mol. The number of carbonyl (C=O) groups is 1. The summed E-state index contributed by atoms with van der Waals surface area (Å²) in [6, 6.07) is -0.391. The fourth-order valence-electron chi connectivity index (χ4n) is 1.21. The van der Waals surface area contributed by atoms with E-state index in [9.17, 15) is 4.79 Å². The second-order valence-corrected chi connectivity index (χ2v) is 2.68. The molecule has 0 unspecified atom stereocenters. The third-order valence-electron chi connectivity index (χ3n) is 1.72. The molecule has 1 atom stereocenters. The second-order valence-electron chi connectivity index (χ2n) is 2.32. The maximum atomic E-state index is 10.5. The van der Waals surface area contributed by atoms with Gasteiger partial charge in [0.1, 0.15) is 6.04 Å². The van der Waals surface area contributed by atoms with Gasteiger partial charge in [0.05, 0.1) is 0 Å². The van der Waals surface area contributed by atoms with Gasteiger partial charge < -0.3 is 9.63 Å². The van der Waals surface area contributed by atoms with Crippen LogP contribution >= 0.6 is 0 Å². The van der Waals surface area contributed by atoms with Crippen LogP contribution in [0.15, 0.2) is 0 Å². The van der Waals surface area contributed by atoms with E-state index in [0.29, 0.717) is 10.5 Å². The van der Waals surface area contributed by atoms with E-state index in [1.54, 1.807) is 5.06 Å². The van der Waals surface area contributed by atoms with E-state index in [1.807, 2.05) is 0 Å². The van der Waals surface area contributed by atoms with Gasteiger partial charge in [0.25, 0.3) is 0 Å². The smallest absolute Gasteiger partial charge is 0.323 e. The zero-order chi connectivity index (χ0) is 7.56. The highest BCUT2D eigenvalue weighted by Crippen LogP contribution is 2.16. The van der Waals surface area contributed by atoms with Crippen LogP contribution < -0.4 is 0 Å². The molecule has 58 valence electrons. The van der Waals surface area contributed by atoms with Crippen molar-refractivity contribution in [2.75, 3.05) is 6.54 Å². The summed E-state index contributed by atoms with van der Waals surface area (Å²) in [5.74, 6) is -0.770. The van der Waals surface area contributed by atoms with E-state index in [2.05, 4.69) is 0 Å². The molecule has 0 aromatic heterocycles. The summed E-state index contributed by atoms with van der Waals surface area (Å²) in [6.07, 6.45) is 1.65. The third kappa shape index (κ3) is 1.36. The average Bonchev–Trinajstić information content (AvgIpc) is 2.33. The maximum Gasteiger partial charge on any atom is 0.323 e. The van der Waals surface area contributed by atoms with Gasteiger partial charge in [-0.2, -0.15) is 5.06 Å². The Morgan fingerprint density at radius 3 is 2.90 bits per heavy atom. The summed E-state index contributed by atoms with van der Waals surface area (Å²) < 4.78 is 4.98. The van der Waals surface area contributed by atoms with Crippen molar-refractivity contribution in [2.24, 2.45) is 0 Å². The Labute approximate surface area is 62.3 Å². The van der Waals surface area contributed by atoms with Gasteiger partial charge in [0.2, 0.25) is 0 Å². The number of carboxylic acids is 1. The number of rotatable bonds is 2. The third-order valence-corrected chi connectivity index (χ3v) is 2.19. The zero-order valence-corrected chi connectivity index (χ0v) is 7.91. The van der Waals surface area contributed by atoms with Gasteiger partial charge in [-0.3, -0.25) is 4.79 Å². The lowest BCUT2D eigenvalue weighted by Gasteiger charge is -2.17. The predicted molar refractivity (Wildman–Crippen MR) is 38.4 cm³/mol. The van der Waals surface area contributed by atoms with Gasteiger partial charge in [-0.1, -0.05) is 0 Å². The lowest BCUT2D eigenvalue weighted by Crippen LogP contribution is -2.35. The van der Waals surface area contributed by atoms with Crippen LogP contribution in [-0.2, 0) is 9.32 Å². The Balaban J connectivity index is 2.50. The maximum absolute atomic E-state index is 10.5. The first-order valence-electron chi connectivity index (χ1n) is 3.29. The standard InChI is InChI=1S/C5H11NO3Si/c7-5(8)4-2-1-3-6(4)9-10/h4H,1-3H2,10H3,(H,7,8)/t4-/m1/s1. The summed E-state index contributed by atoms with van der Waals surface area (Å²) in [5, 5.41) is 10.2. The van der Waals surface area contributed by atoms with Crippen molar-refractivity contribution in [1.29, 1.82) is 0 Å². The highest BCUT2D eigenvalue weighted by atomic mass is 28.2. The normalized spacial score (nSPS) is 27.4. The molecular formula is C5H11NO3Si. The second kappa shape index (κ2) is 3.13. The summed E-state index contributed by atoms with van der Waals surface area (Å²) in [7, 11) is 0.578. The lowest BCUT2D eigenvalue weighted by atomic mass is 10.2. The van der Waals surface area contributed by atoms with E-state index >= 15 is 0 Å². The summed E-state index contributed by atoms with van der Waals surface area (Å²) in [6.45, 7) is 0.764. The first kappa shape index (κ1) is 7.71. The van der Waals surface area contributed by atoms with Crippen molar-refractivity contribution >= 4 is 16.5 Å². The van der Waals surface area contributed by atoms with Crippen LogP contribution in [-0.4, -0.2) is 39.2 Å². The van der Waals surface area contributed by atoms with Gasteiger partial charge in [-0.25, -0.2) is 0 Å². The Morgan fingerprint density at radius 1 is 1.80 bits per heavy atom. The molecule has 0 aliphatic carbocycles. The predicted octanol–water partition coefficient (Wildman–Crippen LogP) is -1.25. The molecule has 1 aliphatic heterocycles. The van der Waals surface area contributed by atoms with Crippen LogP contribution in [0.5, 0.6) is 0 Å². The van der Waals surface area contributed by atoms with Gasteiger partial charge >= 0.3 is 5.97 Å². The number of hydroxylamine groups is 2. The molecule has 0 radical (unpaired) electrons. The van der Waals surface area contributed by atoms with Gasteiger partial charge in [-0.05, 0) is 12.8 Å². The summed E-state index contributed by atoms with van der Waals surface area (Å²) in [5.41, 5.74) is 0. The molecule has 0 aromatic carbocycles. The largest absolute Gasteiger partial charge is 0.480 e. The molecule has 1 heterocycles. The van der Waals surface area contributed by atoms with Crippen LogP contribution in [0, 0.1) is 0 Å². The minimum absolute atomic E-state index is 0.391. The van der Waals surface area contributed by atoms with Crippen LogP contribution in [0.2, 0.25) is 0 Å². The Hall–Kier alpha value is -0.393. The first-order chi connectivity index (χ1) is 4.75. The molecule has 1 N–H and O–H groups in total. The van der Waals surface area contributed by atoms with Crippen molar-refractivity contribution in [1.82, 2.24) is 5.06 Å². The molecule has 0 amide bonds. The molecule has 1 aliphatic rings. The van der Waals surface area contributed by atoms with Crippen molar-refractivity contribution in [2.45, 2.75) is 18.9 Å². The van der Waals surface area contributed by atoms with E-state index in [-0.39, 0.29) is 0 Å². The zero-order valence-electron chi connectivity index (χ0n) is 5.91. The molecule has 0 spiro atoms. The molecule has 5 heteroatoms. The van der Waals surface area contributed by atoms with Gasteiger partial charge in [0, 0.05) is 6.54 Å². The van der Waals surface area contributed by atoms with Crippen LogP contribution in [0.1, 0.15) is 12.8 Å². The van der Waals surface area contributed by atoms with Crippen molar-refractivity contribution in [3.63, 3.8) is 0 Å². The number of hydrogen-bond donors (Lipinski definition) is 1. The van der Waals surface area contributed by atoms with E-state index in [0.717, 1.165) is 19.4 Å². The Kier molecular flexibility index (Phi) is 2.42. The number of hydrogen-bond acceptors (Lipinski definition) is 3. The molecule has 0 saturated carbocycles. The molecule has 0 aromatic rings. The van der Waals surface area contributed by atoms with Gasteiger partial charge in [-0.15, -0.1) is 0 Å². The topological polar surface area (TPSA) is 49.8 Å². The van der Waals surface area contributed by atoms with E-state index < -0.39 is 12.0 Å². The molecule has 1 fully saturated rings. The highest BCUT2D eigenvalue weighted by Gasteiger charge is 2.29. The van der Waals surface area contributed by atoms with Crippen LogP contribution in [0.25, 0.3) is 0 Å². The molecule has 10 heavy (non-hydrogen) atoms.